The van der Waals surface area contributed by atoms with E-state index in [4.69, 9.17) is 4.42 Å². The van der Waals surface area contributed by atoms with Gasteiger partial charge in [-0.2, -0.15) is 0 Å². The van der Waals surface area contributed by atoms with Gasteiger partial charge in [0.15, 0.2) is 0 Å². The second-order valence-electron chi connectivity index (χ2n) is 4.89. The van der Waals surface area contributed by atoms with Crippen LogP contribution < -0.4 is 5.32 Å². The van der Waals surface area contributed by atoms with Crippen LogP contribution in [-0.4, -0.2) is 25.5 Å². The molecule has 1 saturated carbocycles. The Labute approximate surface area is 97.8 Å². The second-order valence-corrected chi connectivity index (χ2v) is 4.89. The van der Waals surface area contributed by atoms with Gasteiger partial charge in [-0.1, -0.05) is 6.42 Å². The van der Waals surface area contributed by atoms with E-state index >= 15 is 0 Å². The zero-order chi connectivity index (χ0) is 11.4. The first-order valence-corrected chi connectivity index (χ1v) is 6.18. The van der Waals surface area contributed by atoms with Crippen molar-refractivity contribution in [2.75, 3.05) is 20.6 Å². The molecule has 0 spiro atoms. The largest absolute Gasteiger partial charge is 0.468 e. The van der Waals surface area contributed by atoms with Crippen LogP contribution in [0, 0.1) is 5.92 Å². The van der Waals surface area contributed by atoms with E-state index in [0.29, 0.717) is 0 Å². The van der Waals surface area contributed by atoms with Gasteiger partial charge in [0, 0.05) is 18.7 Å². The maximum absolute atomic E-state index is 5.54. The Morgan fingerprint density at radius 3 is 2.94 bits per heavy atom. The lowest BCUT2D eigenvalue weighted by Crippen LogP contribution is -2.29. The molecule has 1 aliphatic rings. The summed E-state index contributed by atoms with van der Waals surface area (Å²) >= 11 is 0. The number of hydrogen-bond acceptors (Lipinski definition) is 3. The van der Waals surface area contributed by atoms with Crippen LogP contribution in [0.1, 0.15) is 30.6 Å². The van der Waals surface area contributed by atoms with Crippen LogP contribution in [0.3, 0.4) is 0 Å². The van der Waals surface area contributed by atoms with Gasteiger partial charge in [0.1, 0.15) is 5.76 Å². The van der Waals surface area contributed by atoms with E-state index in [1.165, 1.54) is 31.4 Å². The van der Waals surface area contributed by atoms with Crippen molar-refractivity contribution in [3.63, 3.8) is 0 Å². The lowest BCUT2D eigenvalue weighted by Gasteiger charge is -2.29. The molecule has 0 unspecified atom stereocenters. The highest BCUT2D eigenvalue weighted by molar-refractivity contribution is 5.16. The third-order valence-electron chi connectivity index (χ3n) is 3.41. The molecule has 1 aromatic rings. The van der Waals surface area contributed by atoms with Gasteiger partial charge in [0.05, 0.1) is 12.8 Å². The summed E-state index contributed by atoms with van der Waals surface area (Å²) in [5.74, 6) is 2.03. The van der Waals surface area contributed by atoms with Gasteiger partial charge in [-0.25, -0.2) is 0 Å². The third kappa shape index (κ3) is 2.86. The average Bonchev–Trinajstić information content (AvgIpc) is 2.60. The molecule has 0 aliphatic heterocycles. The van der Waals surface area contributed by atoms with Crippen LogP contribution in [0.4, 0.5) is 0 Å². The van der Waals surface area contributed by atoms with E-state index in [9.17, 15) is 0 Å². The molecule has 1 fully saturated rings. The fourth-order valence-electron chi connectivity index (χ4n) is 2.28. The van der Waals surface area contributed by atoms with Crippen LogP contribution >= 0.6 is 0 Å². The van der Waals surface area contributed by atoms with E-state index in [2.05, 4.69) is 23.3 Å². The number of nitrogens with one attached hydrogen (secondary N) is 1. The van der Waals surface area contributed by atoms with Gasteiger partial charge in [-0.15, -0.1) is 0 Å². The van der Waals surface area contributed by atoms with Crippen molar-refractivity contribution in [2.24, 2.45) is 5.92 Å². The van der Waals surface area contributed by atoms with Crippen molar-refractivity contribution in [1.82, 2.24) is 10.2 Å². The predicted octanol–water partition coefficient (Wildman–Crippen LogP) is 2.23. The monoisotopic (exact) mass is 222 g/mol. The maximum Gasteiger partial charge on any atom is 0.122 e. The van der Waals surface area contributed by atoms with Crippen molar-refractivity contribution in [2.45, 2.75) is 32.4 Å². The van der Waals surface area contributed by atoms with E-state index in [1.807, 2.05) is 7.05 Å². The molecule has 16 heavy (non-hydrogen) atoms. The molecule has 3 nitrogen and oxygen atoms in total. The Bertz CT molecular complexity index is 317. The van der Waals surface area contributed by atoms with E-state index in [0.717, 1.165) is 24.8 Å². The molecule has 0 aromatic carbocycles. The van der Waals surface area contributed by atoms with Gasteiger partial charge >= 0.3 is 0 Å². The van der Waals surface area contributed by atoms with E-state index < -0.39 is 0 Å². The first-order valence-electron chi connectivity index (χ1n) is 6.18. The Morgan fingerprint density at radius 2 is 2.31 bits per heavy atom. The second kappa shape index (κ2) is 5.51. The predicted molar refractivity (Wildman–Crippen MR) is 65.1 cm³/mol. The number of hydrogen-bond donors (Lipinski definition) is 1. The maximum atomic E-state index is 5.54. The summed E-state index contributed by atoms with van der Waals surface area (Å²) in [7, 11) is 4.15. The molecule has 90 valence electrons. The lowest BCUT2D eigenvalue weighted by atomic mass is 9.85. The Hall–Kier alpha value is -0.800. The molecule has 0 atom stereocenters. The van der Waals surface area contributed by atoms with Crippen LogP contribution in [-0.2, 0) is 13.1 Å². The molecule has 3 heteroatoms. The molecule has 0 radical (unpaired) electrons. The first-order chi connectivity index (χ1) is 7.79. The van der Waals surface area contributed by atoms with E-state index in [-0.39, 0.29) is 0 Å². The van der Waals surface area contributed by atoms with Gasteiger partial charge in [-0.05, 0) is 38.9 Å². The fourth-order valence-corrected chi connectivity index (χ4v) is 2.28. The molecule has 1 N–H and O–H groups in total. The fraction of sp³-hybridized carbons (Fsp3) is 0.692. The summed E-state index contributed by atoms with van der Waals surface area (Å²) in [5.41, 5.74) is 1.28. The molecule has 0 bridgehead atoms. The van der Waals surface area contributed by atoms with Gasteiger partial charge in [0.25, 0.3) is 0 Å². The van der Waals surface area contributed by atoms with Gasteiger partial charge in [0.2, 0.25) is 0 Å². The molecule has 1 aliphatic carbocycles. The molecule has 0 amide bonds. The average molecular weight is 222 g/mol. The SMILES string of the molecule is CNCc1ccoc1CN(C)CC1CCC1. The minimum atomic E-state index is 0.892. The molecule has 1 aromatic heterocycles. The summed E-state index contributed by atoms with van der Waals surface area (Å²) in [6, 6.07) is 2.06. The van der Waals surface area contributed by atoms with Gasteiger partial charge < -0.3 is 9.73 Å². The summed E-state index contributed by atoms with van der Waals surface area (Å²) < 4.78 is 5.54. The number of rotatable bonds is 6. The first kappa shape index (κ1) is 11.7. The molecular formula is C13H22N2O. The Balaban J connectivity index is 1.84. The van der Waals surface area contributed by atoms with Crippen LogP contribution in [0.5, 0.6) is 0 Å². The molecule has 1 heterocycles. The number of nitrogens with zero attached hydrogens (tertiary/aromatic N) is 1. The zero-order valence-corrected chi connectivity index (χ0v) is 10.3. The van der Waals surface area contributed by atoms with Crippen molar-refractivity contribution >= 4 is 0 Å². The van der Waals surface area contributed by atoms with Crippen molar-refractivity contribution in [1.29, 1.82) is 0 Å². The third-order valence-corrected chi connectivity index (χ3v) is 3.41. The lowest BCUT2D eigenvalue weighted by molar-refractivity contribution is 0.190. The highest BCUT2D eigenvalue weighted by Crippen LogP contribution is 2.27. The smallest absolute Gasteiger partial charge is 0.122 e. The highest BCUT2D eigenvalue weighted by atomic mass is 16.3. The summed E-state index contributed by atoms with van der Waals surface area (Å²) in [6.45, 7) is 3.03. The molecule has 0 saturated heterocycles. The van der Waals surface area contributed by atoms with E-state index in [1.54, 1.807) is 6.26 Å². The topological polar surface area (TPSA) is 28.4 Å². The van der Waals surface area contributed by atoms with Crippen LogP contribution in [0.25, 0.3) is 0 Å². The van der Waals surface area contributed by atoms with Crippen molar-refractivity contribution in [3.05, 3.63) is 23.7 Å². The zero-order valence-electron chi connectivity index (χ0n) is 10.3. The minimum absolute atomic E-state index is 0.892. The van der Waals surface area contributed by atoms with Crippen molar-refractivity contribution < 1.29 is 4.42 Å². The summed E-state index contributed by atoms with van der Waals surface area (Å²) in [5, 5.41) is 3.17. The van der Waals surface area contributed by atoms with Crippen molar-refractivity contribution in [3.8, 4) is 0 Å². The summed E-state index contributed by atoms with van der Waals surface area (Å²) in [4.78, 5) is 2.38. The van der Waals surface area contributed by atoms with Gasteiger partial charge in [-0.3, -0.25) is 4.90 Å². The highest BCUT2D eigenvalue weighted by Gasteiger charge is 2.19. The minimum Gasteiger partial charge on any atom is -0.468 e. The van der Waals surface area contributed by atoms with Crippen LogP contribution in [0.15, 0.2) is 16.7 Å². The Kier molecular flexibility index (Phi) is 4.02. The number of furan rings is 1. The quantitative estimate of drug-likeness (QED) is 0.800. The molecular weight excluding hydrogens is 200 g/mol. The molecule has 2 rings (SSSR count). The Morgan fingerprint density at radius 1 is 1.50 bits per heavy atom. The summed E-state index contributed by atoms with van der Waals surface area (Å²) in [6.07, 6.45) is 6.03. The van der Waals surface area contributed by atoms with Crippen LogP contribution in [0.2, 0.25) is 0 Å². The standard InChI is InChI=1S/C13H22N2O/c1-14-8-12-6-7-16-13(12)10-15(2)9-11-4-3-5-11/h6-7,11,14H,3-5,8-10H2,1-2H3. The normalized spacial score (nSPS) is 16.7.